The zero-order valence-corrected chi connectivity index (χ0v) is 12.9. The molecule has 0 aromatic heterocycles. The zero-order chi connectivity index (χ0) is 13.9. The van der Waals surface area contributed by atoms with Crippen molar-refractivity contribution in [2.45, 2.75) is 12.8 Å². The molecule has 4 nitrogen and oxygen atoms in total. The van der Waals surface area contributed by atoms with Crippen LogP contribution in [0, 0.1) is 5.92 Å². The second-order valence-corrected chi connectivity index (χ2v) is 5.87. The molecule has 0 unspecified atom stereocenters. The van der Waals surface area contributed by atoms with Crippen molar-refractivity contribution in [3.8, 4) is 11.5 Å². The van der Waals surface area contributed by atoms with Crippen LogP contribution < -0.4 is 9.47 Å². The molecule has 1 saturated heterocycles. The average Bonchev–Trinajstić information content (AvgIpc) is 2.54. The van der Waals surface area contributed by atoms with Crippen LogP contribution in [-0.2, 0) is 0 Å². The Balaban J connectivity index is 1.78. The van der Waals surface area contributed by atoms with Crippen molar-refractivity contribution in [3.05, 3.63) is 23.8 Å². The van der Waals surface area contributed by atoms with Gasteiger partial charge in [0.25, 0.3) is 5.91 Å². The molecule has 2 aliphatic rings. The Morgan fingerprint density at radius 1 is 1.25 bits per heavy atom. The van der Waals surface area contributed by atoms with Crippen molar-refractivity contribution in [1.29, 1.82) is 0 Å². The molecule has 20 heavy (non-hydrogen) atoms. The van der Waals surface area contributed by atoms with Crippen molar-refractivity contribution in [1.82, 2.24) is 4.90 Å². The molecule has 0 bridgehead atoms. The van der Waals surface area contributed by atoms with Gasteiger partial charge in [0.05, 0.1) is 5.56 Å². The van der Waals surface area contributed by atoms with Crippen molar-refractivity contribution in [3.63, 3.8) is 0 Å². The second-order valence-electron chi connectivity index (χ2n) is 5.22. The number of hydrogen-bond donors (Lipinski definition) is 0. The Kier molecular flexibility index (Phi) is 4.15. The van der Waals surface area contributed by atoms with E-state index in [1.165, 1.54) is 0 Å². The number of carbonyl (C=O) groups is 1. The first-order chi connectivity index (χ1) is 9.79. The summed E-state index contributed by atoms with van der Waals surface area (Å²) in [5, 5.41) is 1.02. The third kappa shape index (κ3) is 2.64. The maximum Gasteiger partial charge on any atom is 0.257 e. The summed E-state index contributed by atoms with van der Waals surface area (Å²) in [6.45, 7) is 2.68. The molecule has 5 heteroatoms. The Bertz CT molecular complexity index is 498. The number of ether oxygens (including phenoxy) is 2. The highest BCUT2D eigenvalue weighted by atomic mass is 79.9. The minimum absolute atomic E-state index is 0.0559. The topological polar surface area (TPSA) is 38.8 Å². The van der Waals surface area contributed by atoms with E-state index >= 15 is 0 Å². The van der Waals surface area contributed by atoms with E-state index in [2.05, 4.69) is 15.9 Å². The summed E-state index contributed by atoms with van der Waals surface area (Å²) < 4.78 is 11.2. The Morgan fingerprint density at radius 2 is 2.00 bits per heavy atom. The van der Waals surface area contributed by atoms with Gasteiger partial charge in [-0.2, -0.15) is 0 Å². The molecule has 2 aliphatic heterocycles. The van der Waals surface area contributed by atoms with Crippen LogP contribution in [0.25, 0.3) is 0 Å². The van der Waals surface area contributed by atoms with Crippen LogP contribution in [0.4, 0.5) is 0 Å². The number of likely N-dealkylation sites (tertiary alicyclic amines) is 1. The van der Waals surface area contributed by atoms with E-state index in [1.54, 1.807) is 0 Å². The quantitative estimate of drug-likeness (QED) is 0.777. The molecular weight excluding hydrogens is 322 g/mol. The number of nitrogens with zero attached hydrogens (tertiary/aromatic N) is 1. The Labute approximate surface area is 127 Å². The Morgan fingerprint density at radius 3 is 2.75 bits per heavy atom. The third-order valence-electron chi connectivity index (χ3n) is 3.92. The normalized spacial score (nSPS) is 18.9. The smallest absolute Gasteiger partial charge is 0.257 e. The number of para-hydroxylation sites is 1. The first-order valence-corrected chi connectivity index (χ1v) is 8.15. The van der Waals surface area contributed by atoms with Gasteiger partial charge in [-0.05, 0) is 30.9 Å². The van der Waals surface area contributed by atoms with Gasteiger partial charge in [-0.15, -0.1) is 0 Å². The summed E-state index contributed by atoms with van der Waals surface area (Å²) in [6, 6.07) is 5.53. The van der Waals surface area contributed by atoms with E-state index in [9.17, 15) is 4.79 Å². The number of rotatable bonds is 2. The van der Waals surface area contributed by atoms with Gasteiger partial charge in [0.2, 0.25) is 0 Å². The van der Waals surface area contributed by atoms with Crippen molar-refractivity contribution >= 4 is 21.8 Å². The molecule has 0 N–H and O–H groups in total. The van der Waals surface area contributed by atoms with Crippen LogP contribution in [-0.4, -0.2) is 42.4 Å². The number of halogens is 1. The predicted octanol–water partition coefficient (Wildman–Crippen LogP) is 2.70. The zero-order valence-electron chi connectivity index (χ0n) is 11.3. The lowest BCUT2D eigenvalue weighted by Crippen LogP contribution is -2.39. The summed E-state index contributed by atoms with van der Waals surface area (Å²) in [4.78, 5) is 14.6. The van der Waals surface area contributed by atoms with Gasteiger partial charge in [-0.25, -0.2) is 0 Å². The highest BCUT2D eigenvalue weighted by molar-refractivity contribution is 9.09. The number of piperidine rings is 1. The van der Waals surface area contributed by atoms with Gasteiger partial charge in [0.15, 0.2) is 11.5 Å². The van der Waals surface area contributed by atoms with E-state index in [0.717, 1.165) is 31.3 Å². The number of carbonyl (C=O) groups excluding carboxylic acids is 1. The minimum atomic E-state index is 0.0559. The Hall–Kier alpha value is -1.23. The molecule has 0 spiro atoms. The lowest BCUT2D eigenvalue weighted by Gasteiger charge is -2.32. The summed E-state index contributed by atoms with van der Waals surface area (Å²) in [5.41, 5.74) is 0.625. The fourth-order valence-electron chi connectivity index (χ4n) is 2.70. The van der Waals surface area contributed by atoms with Crippen LogP contribution in [0.2, 0.25) is 0 Å². The number of alkyl halides is 1. The lowest BCUT2D eigenvalue weighted by molar-refractivity contribution is 0.0689. The van der Waals surface area contributed by atoms with E-state index in [0.29, 0.717) is 36.2 Å². The van der Waals surface area contributed by atoms with Gasteiger partial charge in [0, 0.05) is 18.4 Å². The molecule has 108 valence electrons. The molecule has 1 aromatic carbocycles. The van der Waals surface area contributed by atoms with Gasteiger partial charge >= 0.3 is 0 Å². The molecular formula is C15H18BrNO3. The van der Waals surface area contributed by atoms with Crippen molar-refractivity contribution < 1.29 is 14.3 Å². The van der Waals surface area contributed by atoms with Gasteiger partial charge in [0.1, 0.15) is 13.2 Å². The predicted molar refractivity (Wildman–Crippen MR) is 79.9 cm³/mol. The first-order valence-electron chi connectivity index (χ1n) is 7.03. The van der Waals surface area contributed by atoms with Crippen molar-refractivity contribution in [2.75, 3.05) is 31.6 Å². The van der Waals surface area contributed by atoms with E-state index in [1.807, 2.05) is 23.1 Å². The SMILES string of the molecule is O=C(c1cccc2c1OCCO2)N1CCC(CBr)CC1. The largest absolute Gasteiger partial charge is 0.486 e. The number of benzene rings is 1. The molecule has 0 atom stereocenters. The van der Waals surface area contributed by atoms with Crippen LogP contribution in [0.3, 0.4) is 0 Å². The molecule has 1 aromatic rings. The molecule has 1 amide bonds. The number of amides is 1. The first kappa shape index (κ1) is 13.7. The number of fused-ring (bicyclic) bond motifs is 1. The second kappa shape index (κ2) is 6.04. The standard InChI is InChI=1S/C15H18BrNO3/c16-10-11-4-6-17(7-5-11)15(18)12-2-1-3-13-14(12)20-9-8-19-13/h1-3,11H,4-10H2. The molecule has 0 aliphatic carbocycles. The summed E-state index contributed by atoms with van der Waals surface area (Å²) in [5.74, 6) is 2.02. The summed E-state index contributed by atoms with van der Waals surface area (Å²) in [7, 11) is 0. The third-order valence-corrected chi connectivity index (χ3v) is 4.83. The molecule has 0 radical (unpaired) electrons. The monoisotopic (exact) mass is 339 g/mol. The molecule has 1 fully saturated rings. The highest BCUT2D eigenvalue weighted by Gasteiger charge is 2.27. The molecule has 0 saturated carbocycles. The summed E-state index contributed by atoms with van der Waals surface area (Å²) >= 11 is 3.52. The highest BCUT2D eigenvalue weighted by Crippen LogP contribution is 2.34. The minimum Gasteiger partial charge on any atom is -0.486 e. The van der Waals surface area contributed by atoms with Crippen LogP contribution in [0.5, 0.6) is 11.5 Å². The maximum absolute atomic E-state index is 12.6. The molecule has 3 rings (SSSR count). The van der Waals surface area contributed by atoms with Crippen LogP contribution in [0.15, 0.2) is 18.2 Å². The van der Waals surface area contributed by atoms with E-state index in [4.69, 9.17) is 9.47 Å². The fraction of sp³-hybridized carbons (Fsp3) is 0.533. The van der Waals surface area contributed by atoms with Crippen LogP contribution in [0.1, 0.15) is 23.2 Å². The summed E-state index contributed by atoms with van der Waals surface area (Å²) in [6.07, 6.45) is 2.12. The van der Waals surface area contributed by atoms with Gasteiger partial charge < -0.3 is 14.4 Å². The van der Waals surface area contributed by atoms with Gasteiger partial charge in [-0.1, -0.05) is 22.0 Å². The van der Waals surface area contributed by atoms with Crippen LogP contribution >= 0.6 is 15.9 Å². The van der Waals surface area contributed by atoms with E-state index < -0.39 is 0 Å². The molecule has 2 heterocycles. The lowest BCUT2D eigenvalue weighted by atomic mass is 9.98. The van der Waals surface area contributed by atoms with Crippen molar-refractivity contribution in [2.24, 2.45) is 5.92 Å². The van der Waals surface area contributed by atoms with E-state index in [-0.39, 0.29) is 5.91 Å². The average molecular weight is 340 g/mol. The van der Waals surface area contributed by atoms with Gasteiger partial charge in [-0.3, -0.25) is 4.79 Å². The number of hydrogen-bond acceptors (Lipinski definition) is 3. The fourth-order valence-corrected chi connectivity index (χ4v) is 3.35. The maximum atomic E-state index is 12.6.